The third-order valence-electron chi connectivity index (χ3n) is 1.51. The van der Waals surface area contributed by atoms with E-state index in [9.17, 15) is 4.39 Å². The minimum atomic E-state index is -0.507. The van der Waals surface area contributed by atoms with E-state index in [0.29, 0.717) is 24.5 Å². The fourth-order valence-electron chi connectivity index (χ4n) is 0.689. The van der Waals surface area contributed by atoms with E-state index < -0.39 is 5.83 Å². The number of allylic oxidation sites excluding steroid dienone is 3. The molecule has 0 aromatic carbocycles. The van der Waals surface area contributed by atoms with Gasteiger partial charge in [0.25, 0.3) is 0 Å². The second-order valence-corrected chi connectivity index (χ2v) is 2.44. The predicted octanol–water partition coefficient (Wildman–Crippen LogP) is 2.59. The molecule has 0 aromatic heterocycles. The van der Waals surface area contributed by atoms with Crippen LogP contribution >= 0.6 is 0 Å². The van der Waals surface area contributed by atoms with Gasteiger partial charge in [-0.05, 0) is 13.0 Å². The maximum absolute atomic E-state index is 12.6. The van der Waals surface area contributed by atoms with Gasteiger partial charge in [-0.1, -0.05) is 13.2 Å². The van der Waals surface area contributed by atoms with Crippen molar-refractivity contribution >= 4 is 0 Å². The molecule has 0 N–H and O–H groups in total. The van der Waals surface area contributed by atoms with Crippen molar-refractivity contribution in [2.45, 2.75) is 6.92 Å². The molecule has 0 saturated heterocycles. The Labute approximate surface area is 78.3 Å². The second kappa shape index (κ2) is 6.43. The summed E-state index contributed by atoms with van der Waals surface area (Å²) in [6.07, 6.45) is 1.45. The number of ether oxygens (including phenoxy) is 2. The highest BCUT2D eigenvalue weighted by Gasteiger charge is 2.02. The molecule has 3 heteroatoms. The maximum atomic E-state index is 12.6. The van der Waals surface area contributed by atoms with Crippen LogP contribution < -0.4 is 0 Å². The molecule has 0 fully saturated rings. The van der Waals surface area contributed by atoms with Gasteiger partial charge in [-0.15, -0.1) is 0 Å². The van der Waals surface area contributed by atoms with E-state index in [1.165, 1.54) is 6.08 Å². The van der Waals surface area contributed by atoms with Crippen LogP contribution in [0.3, 0.4) is 0 Å². The summed E-state index contributed by atoms with van der Waals surface area (Å²) >= 11 is 0. The number of rotatable bonds is 6. The lowest BCUT2D eigenvalue weighted by Crippen LogP contribution is -2.02. The van der Waals surface area contributed by atoms with E-state index in [-0.39, 0.29) is 0 Å². The zero-order valence-corrected chi connectivity index (χ0v) is 8.10. The quantitative estimate of drug-likeness (QED) is 0.360. The summed E-state index contributed by atoms with van der Waals surface area (Å²) in [5.74, 6) is -0.100. The summed E-state index contributed by atoms with van der Waals surface area (Å²) in [7, 11) is 1.57. The number of hydrogen-bond acceptors (Lipinski definition) is 2. The van der Waals surface area contributed by atoms with E-state index in [0.717, 1.165) is 0 Å². The average Bonchev–Trinajstić information content (AvgIpc) is 2.11. The minimum Gasteiger partial charge on any atom is -0.491 e. The lowest BCUT2D eigenvalue weighted by molar-refractivity contribution is 0.113. The summed E-state index contributed by atoms with van der Waals surface area (Å²) in [5, 5.41) is 0. The third kappa shape index (κ3) is 4.48. The molecule has 0 heterocycles. The molecule has 0 aromatic rings. The van der Waals surface area contributed by atoms with E-state index >= 15 is 0 Å². The van der Waals surface area contributed by atoms with E-state index in [1.807, 2.05) is 0 Å². The van der Waals surface area contributed by atoms with E-state index in [4.69, 9.17) is 9.47 Å². The van der Waals surface area contributed by atoms with Gasteiger partial charge < -0.3 is 9.47 Å². The van der Waals surface area contributed by atoms with Crippen molar-refractivity contribution in [3.8, 4) is 0 Å². The second-order valence-electron chi connectivity index (χ2n) is 2.44. The minimum absolute atomic E-state index is 0.367. The first-order chi connectivity index (χ1) is 6.13. The summed E-state index contributed by atoms with van der Waals surface area (Å²) in [6.45, 7) is 9.11. The van der Waals surface area contributed by atoms with Crippen LogP contribution in [0.2, 0.25) is 0 Å². The lowest BCUT2D eigenvalue weighted by atomic mass is 10.2. The molecule has 0 atom stereocenters. The Morgan fingerprint density at radius 3 is 2.46 bits per heavy atom. The summed E-state index contributed by atoms with van der Waals surface area (Å²) in [4.78, 5) is 0. The molecule has 0 bridgehead atoms. The number of methoxy groups -OCH3 is 1. The van der Waals surface area contributed by atoms with Gasteiger partial charge in [0.2, 0.25) is 0 Å². The Morgan fingerprint density at radius 1 is 1.46 bits per heavy atom. The topological polar surface area (TPSA) is 18.5 Å². The number of halogens is 1. The molecule has 0 saturated carbocycles. The van der Waals surface area contributed by atoms with Gasteiger partial charge in [-0.25, -0.2) is 4.39 Å². The molecule has 0 radical (unpaired) electrons. The molecular weight excluding hydrogens is 171 g/mol. The molecule has 13 heavy (non-hydrogen) atoms. The summed E-state index contributed by atoms with van der Waals surface area (Å²) in [5.41, 5.74) is 0.367. The van der Waals surface area contributed by atoms with Crippen molar-refractivity contribution in [3.63, 3.8) is 0 Å². The van der Waals surface area contributed by atoms with Gasteiger partial charge in [0.15, 0.2) is 0 Å². The molecular formula is C10H15FO2. The van der Waals surface area contributed by atoms with E-state index in [1.54, 1.807) is 14.0 Å². The van der Waals surface area contributed by atoms with Crippen molar-refractivity contribution in [1.82, 2.24) is 0 Å². The normalized spacial score (nSPS) is 11.9. The first-order valence-corrected chi connectivity index (χ1v) is 3.93. The monoisotopic (exact) mass is 186 g/mol. The largest absolute Gasteiger partial charge is 0.491 e. The van der Waals surface area contributed by atoms with Crippen LogP contribution in [0.1, 0.15) is 6.92 Å². The van der Waals surface area contributed by atoms with Gasteiger partial charge in [0.1, 0.15) is 18.2 Å². The van der Waals surface area contributed by atoms with Crippen LogP contribution in [-0.4, -0.2) is 20.3 Å². The van der Waals surface area contributed by atoms with Gasteiger partial charge in [-0.3, -0.25) is 0 Å². The van der Waals surface area contributed by atoms with Gasteiger partial charge >= 0.3 is 0 Å². The number of hydrogen-bond donors (Lipinski definition) is 0. The van der Waals surface area contributed by atoms with Crippen LogP contribution in [-0.2, 0) is 9.47 Å². The highest BCUT2D eigenvalue weighted by molar-refractivity contribution is 5.29. The van der Waals surface area contributed by atoms with Crippen molar-refractivity contribution in [3.05, 3.63) is 36.4 Å². The molecule has 0 unspecified atom stereocenters. The highest BCUT2D eigenvalue weighted by atomic mass is 19.1. The molecule has 0 aliphatic heterocycles. The van der Waals surface area contributed by atoms with Crippen molar-refractivity contribution in [1.29, 1.82) is 0 Å². The summed E-state index contributed by atoms with van der Waals surface area (Å²) in [6, 6.07) is 0. The Morgan fingerprint density at radius 2 is 2.08 bits per heavy atom. The maximum Gasteiger partial charge on any atom is 0.124 e. The van der Waals surface area contributed by atoms with Crippen molar-refractivity contribution in [2.24, 2.45) is 0 Å². The fraction of sp³-hybridized carbons (Fsp3) is 0.400. The molecule has 74 valence electrons. The average molecular weight is 186 g/mol. The first-order valence-electron chi connectivity index (χ1n) is 3.93. The molecule has 0 spiro atoms. The van der Waals surface area contributed by atoms with E-state index in [2.05, 4.69) is 13.2 Å². The van der Waals surface area contributed by atoms with Gasteiger partial charge in [0, 0.05) is 12.7 Å². The van der Waals surface area contributed by atoms with Crippen LogP contribution in [0, 0.1) is 0 Å². The smallest absolute Gasteiger partial charge is 0.124 e. The Balaban J connectivity index is 4.24. The lowest BCUT2D eigenvalue weighted by Gasteiger charge is -2.08. The fourth-order valence-corrected chi connectivity index (χ4v) is 0.689. The SMILES string of the molecule is C=C/C(OCCOC)=C(/C)C(=C)F. The predicted molar refractivity (Wildman–Crippen MR) is 51.0 cm³/mol. The standard InChI is InChI=1S/C10H15FO2/c1-5-10(8(2)9(3)11)13-7-6-12-4/h5H,1,3,6-7H2,2,4H3/b10-8+. The molecule has 0 aliphatic rings. The van der Waals surface area contributed by atoms with Crippen LogP contribution in [0.15, 0.2) is 36.4 Å². The Bertz CT molecular complexity index is 219. The van der Waals surface area contributed by atoms with Crippen molar-refractivity contribution < 1.29 is 13.9 Å². The van der Waals surface area contributed by atoms with Crippen LogP contribution in [0.5, 0.6) is 0 Å². The first kappa shape index (κ1) is 11.9. The molecule has 0 aliphatic carbocycles. The highest BCUT2D eigenvalue weighted by Crippen LogP contribution is 2.15. The Kier molecular flexibility index (Phi) is 5.89. The zero-order valence-electron chi connectivity index (χ0n) is 8.10. The zero-order chi connectivity index (χ0) is 10.3. The van der Waals surface area contributed by atoms with Gasteiger partial charge in [0.05, 0.1) is 6.61 Å². The summed E-state index contributed by atoms with van der Waals surface area (Å²) < 4.78 is 22.6. The molecule has 0 rings (SSSR count). The van der Waals surface area contributed by atoms with Crippen LogP contribution in [0.25, 0.3) is 0 Å². The Hall–Kier alpha value is -1.09. The van der Waals surface area contributed by atoms with Gasteiger partial charge in [-0.2, -0.15) is 0 Å². The molecule has 2 nitrogen and oxygen atoms in total. The molecule has 0 amide bonds. The third-order valence-corrected chi connectivity index (χ3v) is 1.51. The van der Waals surface area contributed by atoms with Crippen LogP contribution in [0.4, 0.5) is 4.39 Å². The van der Waals surface area contributed by atoms with Crippen molar-refractivity contribution in [2.75, 3.05) is 20.3 Å².